The van der Waals surface area contributed by atoms with Crippen LogP contribution < -0.4 is 15.4 Å². The number of carbonyl (C=O) groups is 1. The van der Waals surface area contributed by atoms with Crippen LogP contribution in [0.25, 0.3) is 0 Å². The molecule has 7 nitrogen and oxygen atoms in total. The van der Waals surface area contributed by atoms with Gasteiger partial charge in [0.1, 0.15) is 0 Å². The Labute approximate surface area is 159 Å². The molecule has 0 atom stereocenters. The Hall–Kier alpha value is -2.58. The van der Waals surface area contributed by atoms with Crippen LogP contribution >= 0.6 is 0 Å². The summed E-state index contributed by atoms with van der Waals surface area (Å²) >= 11 is 0. The largest absolute Gasteiger partial charge is 0.368 e. The van der Waals surface area contributed by atoms with Gasteiger partial charge in [0.2, 0.25) is 10.0 Å². The van der Waals surface area contributed by atoms with Crippen LogP contribution in [0.1, 0.15) is 11.1 Å². The van der Waals surface area contributed by atoms with Gasteiger partial charge >= 0.3 is 6.03 Å². The molecule has 144 valence electrons. The number of rotatable bonds is 4. The van der Waals surface area contributed by atoms with Crippen LogP contribution in [0, 0.1) is 6.92 Å². The molecule has 8 heteroatoms. The van der Waals surface area contributed by atoms with Crippen LogP contribution in [0.4, 0.5) is 16.2 Å². The zero-order valence-electron chi connectivity index (χ0n) is 15.3. The second-order valence-corrected chi connectivity index (χ2v) is 8.36. The second kappa shape index (κ2) is 7.98. The van der Waals surface area contributed by atoms with Gasteiger partial charge < -0.3 is 15.1 Å². The molecule has 0 bridgehead atoms. The predicted molar refractivity (Wildman–Crippen MR) is 107 cm³/mol. The van der Waals surface area contributed by atoms with Gasteiger partial charge in [0.05, 0.1) is 5.75 Å². The molecule has 27 heavy (non-hydrogen) atoms. The molecule has 0 aromatic heterocycles. The molecule has 2 aromatic carbocycles. The quantitative estimate of drug-likeness (QED) is 0.839. The van der Waals surface area contributed by atoms with Crippen molar-refractivity contribution in [3.05, 3.63) is 59.7 Å². The first-order valence-electron chi connectivity index (χ1n) is 8.77. The SMILES string of the molecule is Cc1ccc(N2CCN(C(=O)Nc3cccc(CS(N)(=O)=O)c3)CC2)cc1. The van der Waals surface area contributed by atoms with E-state index in [0.29, 0.717) is 24.3 Å². The lowest BCUT2D eigenvalue weighted by molar-refractivity contribution is 0.208. The highest BCUT2D eigenvalue weighted by Gasteiger charge is 2.21. The number of amides is 2. The number of anilines is 2. The van der Waals surface area contributed by atoms with Crippen molar-refractivity contribution in [1.29, 1.82) is 0 Å². The summed E-state index contributed by atoms with van der Waals surface area (Å²) in [6, 6.07) is 14.9. The Morgan fingerprint density at radius 2 is 1.74 bits per heavy atom. The zero-order chi connectivity index (χ0) is 19.4. The van der Waals surface area contributed by atoms with E-state index < -0.39 is 10.0 Å². The summed E-state index contributed by atoms with van der Waals surface area (Å²) in [6.07, 6.45) is 0. The van der Waals surface area contributed by atoms with Crippen LogP contribution in [0.3, 0.4) is 0 Å². The van der Waals surface area contributed by atoms with Crippen molar-refractivity contribution >= 4 is 27.4 Å². The van der Waals surface area contributed by atoms with Crippen LogP contribution in [0.15, 0.2) is 48.5 Å². The van der Waals surface area contributed by atoms with E-state index in [-0.39, 0.29) is 11.8 Å². The van der Waals surface area contributed by atoms with Crippen LogP contribution in [0.2, 0.25) is 0 Å². The van der Waals surface area contributed by atoms with Crippen molar-refractivity contribution in [2.75, 3.05) is 36.4 Å². The van der Waals surface area contributed by atoms with E-state index in [9.17, 15) is 13.2 Å². The third-order valence-electron chi connectivity index (χ3n) is 4.51. The van der Waals surface area contributed by atoms with E-state index in [2.05, 4.69) is 41.4 Å². The number of nitrogens with zero attached hydrogens (tertiary/aromatic N) is 2. The average molecular weight is 388 g/mol. The molecule has 3 N–H and O–H groups in total. The van der Waals surface area contributed by atoms with Gasteiger partial charge in [-0.05, 0) is 36.8 Å². The maximum atomic E-state index is 12.5. The number of nitrogens with one attached hydrogen (secondary N) is 1. The smallest absolute Gasteiger partial charge is 0.321 e. The summed E-state index contributed by atoms with van der Waals surface area (Å²) < 4.78 is 22.5. The Bertz CT molecular complexity index is 905. The predicted octanol–water partition coefficient (Wildman–Crippen LogP) is 2.14. The lowest BCUT2D eigenvalue weighted by Crippen LogP contribution is -2.50. The van der Waals surface area contributed by atoms with Crippen molar-refractivity contribution in [2.45, 2.75) is 12.7 Å². The Morgan fingerprint density at radius 3 is 2.37 bits per heavy atom. The monoisotopic (exact) mass is 388 g/mol. The maximum absolute atomic E-state index is 12.5. The minimum absolute atomic E-state index is 0.189. The Morgan fingerprint density at radius 1 is 1.07 bits per heavy atom. The molecule has 2 aromatic rings. The lowest BCUT2D eigenvalue weighted by atomic mass is 10.2. The van der Waals surface area contributed by atoms with Crippen molar-refractivity contribution in [1.82, 2.24) is 4.90 Å². The number of primary sulfonamides is 1. The molecular weight excluding hydrogens is 364 g/mol. The van der Waals surface area contributed by atoms with E-state index in [1.807, 2.05) is 0 Å². The fraction of sp³-hybridized carbons (Fsp3) is 0.316. The Balaban J connectivity index is 1.57. The molecule has 0 aliphatic carbocycles. The van der Waals surface area contributed by atoms with E-state index in [4.69, 9.17) is 5.14 Å². The number of urea groups is 1. The first-order chi connectivity index (χ1) is 12.8. The fourth-order valence-corrected chi connectivity index (χ4v) is 3.74. The van der Waals surface area contributed by atoms with E-state index in [1.165, 1.54) is 5.56 Å². The van der Waals surface area contributed by atoms with Crippen molar-refractivity contribution < 1.29 is 13.2 Å². The molecule has 0 spiro atoms. The van der Waals surface area contributed by atoms with Crippen LogP contribution in [0.5, 0.6) is 0 Å². The summed E-state index contributed by atoms with van der Waals surface area (Å²) in [5, 5.41) is 7.91. The van der Waals surface area contributed by atoms with Gasteiger partial charge in [0.15, 0.2) is 0 Å². The highest BCUT2D eigenvalue weighted by atomic mass is 32.2. The first-order valence-corrected chi connectivity index (χ1v) is 10.5. The average Bonchev–Trinajstić information content (AvgIpc) is 2.61. The molecule has 1 aliphatic heterocycles. The molecule has 0 saturated carbocycles. The molecule has 1 heterocycles. The minimum atomic E-state index is -3.61. The van der Waals surface area contributed by atoms with E-state index >= 15 is 0 Å². The summed E-state index contributed by atoms with van der Waals surface area (Å²) in [4.78, 5) is 16.5. The highest BCUT2D eigenvalue weighted by molar-refractivity contribution is 7.88. The molecule has 1 fully saturated rings. The van der Waals surface area contributed by atoms with Gasteiger partial charge in [0, 0.05) is 37.6 Å². The molecule has 2 amide bonds. The lowest BCUT2D eigenvalue weighted by Gasteiger charge is -2.36. The second-order valence-electron chi connectivity index (χ2n) is 6.75. The molecule has 0 unspecified atom stereocenters. The first kappa shape index (κ1) is 19.2. The van der Waals surface area contributed by atoms with Gasteiger partial charge in [-0.15, -0.1) is 0 Å². The molecule has 0 radical (unpaired) electrons. The zero-order valence-corrected chi connectivity index (χ0v) is 16.1. The summed E-state index contributed by atoms with van der Waals surface area (Å²) in [6.45, 7) is 4.83. The third kappa shape index (κ3) is 5.45. The van der Waals surface area contributed by atoms with E-state index in [1.54, 1.807) is 29.2 Å². The number of piperazine rings is 1. The van der Waals surface area contributed by atoms with E-state index in [0.717, 1.165) is 18.8 Å². The van der Waals surface area contributed by atoms with Crippen molar-refractivity contribution in [3.8, 4) is 0 Å². The van der Waals surface area contributed by atoms with Crippen LogP contribution in [-0.2, 0) is 15.8 Å². The highest BCUT2D eigenvalue weighted by Crippen LogP contribution is 2.18. The van der Waals surface area contributed by atoms with Crippen LogP contribution in [-0.4, -0.2) is 45.5 Å². The van der Waals surface area contributed by atoms with Gasteiger partial charge in [-0.3, -0.25) is 0 Å². The van der Waals surface area contributed by atoms with Gasteiger partial charge in [-0.2, -0.15) is 0 Å². The molecule has 3 rings (SSSR count). The fourth-order valence-electron chi connectivity index (χ4n) is 3.10. The standard InChI is InChI=1S/C19H24N4O3S/c1-15-5-7-18(8-6-15)22-9-11-23(12-10-22)19(24)21-17-4-2-3-16(13-17)14-27(20,25)26/h2-8,13H,9-12,14H2,1H3,(H,21,24)(H2,20,25,26). The topological polar surface area (TPSA) is 95.7 Å². The van der Waals surface area contributed by atoms with Gasteiger partial charge in [-0.25, -0.2) is 18.4 Å². The third-order valence-corrected chi connectivity index (χ3v) is 5.25. The number of sulfonamides is 1. The molecule has 1 aliphatic rings. The number of carbonyl (C=O) groups excluding carboxylic acids is 1. The number of nitrogens with two attached hydrogens (primary N) is 1. The number of hydrogen-bond acceptors (Lipinski definition) is 4. The summed E-state index contributed by atoms with van der Waals surface area (Å²) in [5.74, 6) is -0.258. The normalized spacial score (nSPS) is 14.9. The number of benzene rings is 2. The summed E-state index contributed by atoms with van der Waals surface area (Å²) in [5.41, 5.74) is 3.49. The van der Waals surface area contributed by atoms with Gasteiger partial charge in [-0.1, -0.05) is 29.8 Å². The van der Waals surface area contributed by atoms with Gasteiger partial charge in [0.25, 0.3) is 0 Å². The number of aryl methyl sites for hydroxylation is 1. The maximum Gasteiger partial charge on any atom is 0.321 e. The van der Waals surface area contributed by atoms with Crippen molar-refractivity contribution in [3.63, 3.8) is 0 Å². The Kier molecular flexibility index (Phi) is 5.67. The summed E-state index contributed by atoms with van der Waals surface area (Å²) in [7, 11) is -3.61. The number of hydrogen-bond donors (Lipinski definition) is 2. The molecule has 1 saturated heterocycles. The molecular formula is C19H24N4O3S. The minimum Gasteiger partial charge on any atom is -0.368 e. The van der Waals surface area contributed by atoms with Crippen molar-refractivity contribution in [2.24, 2.45) is 5.14 Å².